The second-order valence-electron chi connectivity index (χ2n) is 5.02. The van der Waals surface area contributed by atoms with E-state index < -0.39 is 5.60 Å². The van der Waals surface area contributed by atoms with Crippen LogP contribution in [-0.4, -0.2) is 34.7 Å². The molecule has 1 saturated heterocycles. The smallest absolute Gasteiger partial charge is 0.0718 e. The van der Waals surface area contributed by atoms with Crippen molar-refractivity contribution in [1.29, 1.82) is 0 Å². The van der Waals surface area contributed by atoms with Gasteiger partial charge in [-0.25, -0.2) is 0 Å². The number of likely N-dealkylation sites (tertiary alicyclic amines) is 1. The standard InChI is InChI=1S/C11H23NO/c1-5-10-9(2)6-7-12(10)8-11(3,4)13/h9-10,13H,5-8H2,1-4H3. The molecule has 0 radical (unpaired) electrons. The van der Waals surface area contributed by atoms with Gasteiger partial charge in [0.2, 0.25) is 0 Å². The fraction of sp³-hybridized carbons (Fsp3) is 1.00. The lowest BCUT2D eigenvalue weighted by atomic mass is 10.00. The molecule has 2 atom stereocenters. The predicted octanol–water partition coefficient (Wildman–Crippen LogP) is 1.88. The zero-order valence-corrected chi connectivity index (χ0v) is 9.38. The maximum absolute atomic E-state index is 9.74. The average Bonchev–Trinajstić information content (AvgIpc) is 2.28. The normalized spacial score (nSPS) is 31.2. The predicted molar refractivity (Wildman–Crippen MR) is 55.7 cm³/mol. The summed E-state index contributed by atoms with van der Waals surface area (Å²) in [6.07, 6.45) is 2.49. The van der Waals surface area contributed by atoms with E-state index in [1.165, 1.54) is 12.8 Å². The highest BCUT2D eigenvalue weighted by molar-refractivity contribution is 4.86. The molecular weight excluding hydrogens is 162 g/mol. The van der Waals surface area contributed by atoms with E-state index in [1.807, 2.05) is 13.8 Å². The Morgan fingerprint density at radius 1 is 1.46 bits per heavy atom. The third kappa shape index (κ3) is 2.96. The number of aliphatic hydroxyl groups is 1. The first-order valence-corrected chi connectivity index (χ1v) is 5.40. The molecule has 0 amide bonds. The molecule has 2 nitrogen and oxygen atoms in total. The summed E-state index contributed by atoms with van der Waals surface area (Å²) >= 11 is 0. The summed E-state index contributed by atoms with van der Waals surface area (Å²) in [5, 5.41) is 9.74. The molecule has 2 heteroatoms. The average molecular weight is 185 g/mol. The van der Waals surface area contributed by atoms with E-state index in [1.54, 1.807) is 0 Å². The van der Waals surface area contributed by atoms with Crippen LogP contribution < -0.4 is 0 Å². The van der Waals surface area contributed by atoms with Crippen molar-refractivity contribution in [2.75, 3.05) is 13.1 Å². The van der Waals surface area contributed by atoms with Gasteiger partial charge in [-0.3, -0.25) is 4.90 Å². The first kappa shape index (κ1) is 11.0. The zero-order valence-electron chi connectivity index (χ0n) is 9.38. The summed E-state index contributed by atoms with van der Waals surface area (Å²) in [5.74, 6) is 0.798. The van der Waals surface area contributed by atoms with Crippen molar-refractivity contribution in [3.63, 3.8) is 0 Å². The summed E-state index contributed by atoms with van der Waals surface area (Å²) in [7, 11) is 0. The molecule has 13 heavy (non-hydrogen) atoms. The van der Waals surface area contributed by atoms with Gasteiger partial charge < -0.3 is 5.11 Å². The molecule has 1 N–H and O–H groups in total. The van der Waals surface area contributed by atoms with Crippen LogP contribution in [0.25, 0.3) is 0 Å². The zero-order chi connectivity index (χ0) is 10.1. The largest absolute Gasteiger partial charge is 0.389 e. The van der Waals surface area contributed by atoms with Gasteiger partial charge in [-0.2, -0.15) is 0 Å². The van der Waals surface area contributed by atoms with Gasteiger partial charge in [-0.15, -0.1) is 0 Å². The minimum Gasteiger partial charge on any atom is -0.389 e. The quantitative estimate of drug-likeness (QED) is 0.725. The first-order valence-electron chi connectivity index (χ1n) is 5.40. The molecule has 0 spiro atoms. The van der Waals surface area contributed by atoms with Crippen molar-refractivity contribution < 1.29 is 5.11 Å². The van der Waals surface area contributed by atoms with Crippen LogP contribution in [0.5, 0.6) is 0 Å². The van der Waals surface area contributed by atoms with Crippen LogP contribution in [-0.2, 0) is 0 Å². The second-order valence-corrected chi connectivity index (χ2v) is 5.02. The van der Waals surface area contributed by atoms with Crippen LogP contribution in [0.3, 0.4) is 0 Å². The Balaban J connectivity index is 2.51. The Morgan fingerprint density at radius 2 is 2.08 bits per heavy atom. The maximum Gasteiger partial charge on any atom is 0.0718 e. The number of hydrogen-bond donors (Lipinski definition) is 1. The molecule has 1 aliphatic rings. The van der Waals surface area contributed by atoms with Crippen LogP contribution in [0.2, 0.25) is 0 Å². The van der Waals surface area contributed by atoms with Crippen LogP contribution in [0.1, 0.15) is 40.5 Å². The Morgan fingerprint density at radius 3 is 2.54 bits per heavy atom. The lowest BCUT2D eigenvalue weighted by Crippen LogP contribution is -2.42. The van der Waals surface area contributed by atoms with Gasteiger partial charge in [0.1, 0.15) is 0 Å². The van der Waals surface area contributed by atoms with Crippen molar-refractivity contribution in [3.8, 4) is 0 Å². The van der Waals surface area contributed by atoms with E-state index in [4.69, 9.17) is 0 Å². The molecule has 78 valence electrons. The number of β-amino-alcohol motifs (C(OH)–C–C–N with tert-alkyl or cyclic N) is 1. The molecule has 0 saturated carbocycles. The molecule has 1 heterocycles. The monoisotopic (exact) mass is 185 g/mol. The molecule has 0 aromatic carbocycles. The topological polar surface area (TPSA) is 23.5 Å². The van der Waals surface area contributed by atoms with Crippen molar-refractivity contribution in [2.45, 2.75) is 52.2 Å². The minimum absolute atomic E-state index is 0.544. The highest BCUT2D eigenvalue weighted by atomic mass is 16.3. The van der Waals surface area contributed by atoms with Crippen LogP contribution in [0.4, 0.5) is 0 Å². The van der Waals surface area contributed by atoms with Gasteiger partial charge in [-0.1, -0.05) is 13.8 Å². The maximum atomic E-state index is 9.74. The fourth-order valence-corrected chi connectivity index (χ4v) is 2.44. The van der Waals surface area contributed by atoms with Crippen LogP contribution in [0, 0.1) is 5.92 Å². The Labute approximate surface area is 81.9 Å². The Hall–Kier alpha value is -0.0800. The van der Waals surface area contributed by atoms with Gasteiger partial charge in [-0.05, 0) is 39.2 Å². The second kappa shape index (κ2) is 3.97. The van der Waals surface area contributed by atoms with Gasteiger partial charge >= 0.3 is 0 Å². The number of nitrogens with zero attached hydrogens (tertiary/aromatic N) is 1. The molecule has 2 unspecified atom stereocenters. The molecule has 0 aromatic rings. The first-order chi connectivity index (χ1) is 5.94. The summed E-state index contributed by atoms with van der Waals surface area (Å²) in [4.78, 5) is 2.44. The third-order valence-electron chi connectivity index (χ3n) is 3.01. The van der Waals surface area contributed by atoms with Crippen LogP contribution in [0.15, 0.2) is 0 Å². The lowest BCUT2D eigenvalue weighted by molar-refractivity contribution is 0.0287. The number of rotatable bonds is 3. The summed E-state index contributed by atoms with van der Waals surface area (Å²) in [6, 6.07) is 0.687. The Kier molecular flexibility index (Phi) is 3.36. The van der Waals surface area contributed by atoms with E-state index >= 15 is 0 Å². The molecule has 0 bridgehead atoms. The van der Waals surface area contributed by atoms with Crippen LogP contribution >= 0.6 is 0 Å². The van der Waals surface area contributed by atoms with Crippen molar-refractivity contribution in [1.82, 2.24) is 4.90 Å². The highest BCUT2D eigenvalue weighted by Crippen LogP contribution is 2.27. The summed E-state index contributed by atoms with van der Waals surface area (Å²) in [6.45, 7) is 10.3. The molecule has 0 aromatic heterocycles. The third-order valence-corrected chi connectivity index (χ3v) is 3.01. The van der Waals surface area contributed by atoms with E-state index in [0.29, 0.717) is 6.04 Å². The molecular formula is C11H23NO. The lowest BCUT2D eigenvalue weighted by Gasteiger charge is -2.31. The van der Waals surface area contributed by atoms with E-state index in [0.717, 1.165) is 19.0 Å². The van der Waals surface area contributed by atoms with Crippen molar-refractivity contribution >= 4 is 0 Å². The van der Waals surface area contributed by atoms with E-state index in [-0.39, 0.29) is 0 Å². The number of hydrogen-bond acceptors (Lipinski definition) is 2. The fourth-order valence-electron chi connectivity index (χ4n) is 2.44. The minimum atomic E-state index is -0.544. The van der Waals surface area contributed by atoms with Gasteiger partial charge in [0.15, 0.2) is 0 Å². The SMILES string of the molecule is CCC1C(C)CCN1CC(C)(C)O. The Bertz CT molecular complexity index is 162. The summed E-state index contributed by atoms with van der Waals surface area (Å²) in [5.41, 5.74) is -0.544. The summed E-state index contributed by atoms with van der Waals surface area (Å²) < 4.78 is 0. The van der Waals surface area contributed by atoms with Crippen molar-refractivity contribution in [2.24, 2.45) is 5.92 Å². The van der Waals surface area contributed by atoms with E-state index in [9.17, 15) is 5.11 Å². The molecule has 0 aliphatic carbocycles. The van der Waals surface area contributed by atoms with Gasteiger partial charge in [0.05, 0.1) is 5.60 Å². The van der Waals surface area contributed by atoms with E-state index in [2.05, 4.69) is 18.7 Å². The van der Waals surface area contributed by atoms with Gasteiger partial charge in [0.25, 0.3) is 0 Å². The molecule has 1 aliphatic heterocycles. The van der Waals surface area contributed by atoms with Gasteiger partial charge in [0, 0.05) is 12.6 Å². The van der Waals surface area contributed by atoms with Crippen molar-refractivity contribution in [3.05, 3.63) is 0 Å². The molecule has 1 rings (SSSR count). The molecule has 1 fully saturated rings. The highest BCUT2D eigenvalue weighted by Gasteiger charge is 2.32.